The largest absolute Gasteiger partial charge is 0.493 e. The molecule has 2 aromatic carbocycles. The Labute approximate surface area is 161 Å². The molecule has 0 saturated carbocycles. The fraction of sp³-hybridized carbons (Fsp3) is 0.150. The van der Waals surface area contributed by atoms with Crippen LogP contribution in [0.1, 0.15) is 16.1 Å². The highest BCUT2D eigenvalue weighted by Gasteiger charge is 2.14. The number of hydrogen-bond donors (Lipinski definition) is 2. The highest BCUT2D eigenvalue weighted by molar-refractivity contribution is 6.33. The summed E-state index contributed by atoms with van der Waals surface area (Å²) in [5, 5.41) is 12.4. The lowest BCUT2D eigenvalue weighted by molar-refractivity contribution is 0.102. The SMILES string of the molecule is COc1ccc(C(=O)Nc2ccc(Cl)c(-c3ccc(CO)o3)c2)cc1OC. The van der Waals surface area contributed by atoms with E-state index in [1.165, 1.54) is 14.2 Å². The van der Waals surface area contributed by atoms with E-state index in [2.05, 4.69) is 5.32 Å². The summed E-state index contributed by atoms with van der Waals surface area (Å²) < 4.78 is 15.9. The van der Waals surface area contributed by atoms with Crippen LogP contribution in [-0.4, -0.2) is 25.2 Å². The number of rotatable bonds is 6. The highest BCUT2D eigenvalue weighted by Crippen LogP contribution is 2.32. The van der Waals surface area contributed by atoms with Crippen LogP contribution in [-0.2, 0) is 6.61 Å². The number of hydrogen-bond acceptors (Lipinski definition) is 5. The minimum absolute atomic E-state index is 0.201. The second-order valence-corrected chi connectivity index (χ2v) is 6.05. The molecule has 27 heavy (non-hydrogen) atoms. The topological polar surface area (TPSA) is 80.9 Å². The van der Waals surface area contributed by atoms with Crippen molar-refractivity contribution in [1.82, 2.24) is 0 Å². The zero-order chi connectivity index (χ0) is 19.4. The van der Waals surface area contributed by atoms with Gasteiger partial charge >= 0.3 is 0 Å². The summed E-state index contributed by atoms with van der Waals surface area (Å²) in [5.41, 5.74) is 1.59. The zero-order valence-corrected chi connectivity index (χ0v) is 15.5. The monoisotopic (exact) mass is 387 g/mol. The van der Waals surface area contributed by atoms with Crippen LogP contribution in [0.5, 0.6) is 11.5 Å². The third kappa shape index (κ3) is 4.07. The van der Waals surface area contributed by atoms with Gasteiger partial charge in [0.25, 0.3) is 5.91 Å². The Bertz CT molecular complexity index is 967. The Hall–Kier alpha value is -2.96. The van der Waals surface area contributed by atoms with Gasteiger partial charge in [-0.2, -0.15) is 0 Å². The summed E-state index contributed by atoms with van der Waals surface area (Å²) in [6.45, 7) is -0.201. The van der Waals surface area contributed by atoms with Gasteiger partial charge in [-0.05, 0) is 48.5 Å². The summed E-state index contributed by atoms with van der Waals surface area (Å²) in [5.74, 6) is 1.64. The lowest BCUT2D eigenvalue weighted by Gasteiger charge is -2.11. The quantitative estimate of drug-likeness (QED) is 0.656. The van der Waals surface area contributed by atoms with E-state index >= 15 is 0 Å². The molecule has 0 unspecified atom stereocenters. The first kappa shape index (κ1) is 18.8. The Morgan fingerprint density at radius 1 is 1.07 bits per heavy atom. The number of ether oxygens (including phenoxy) is 2. The summed E-state index contributed by atoms with van der Waals surface area (Å²) in [7, 11) is 3.04. The molecule has 0 bridgehead atoms. The van der Waals surface area contributed by atoms with Gasteiger partial charge in [0.15, 0.2) is 11.5 Å². The molecule has 0 fully saturated rings. The summed E-state index contributed by atoms with van der Waals surface area (Å²) in [6, 6.07) is 13.4. The maximum Gasteiger partial charge on any atom is 0.255 e. The van der Waals surface area contributed by atoms with Crippen molar-refractivity contribution in [2.45, 2.75) is 6.61 Å². The fourth-order valence-electron chi connectivity index (χ4n) is 2.58. The first-order valence-corrected chi connectivity index (χ1v) is 8.46. The van der Waals surface area contributed by atoms with Gasteiger partial charge in [-0.15, -0.1) is 0 Å². The standard InChI is InChI=1S/C20H18ClNO5/c1-25-18-7-3-12(9-19(18)26-2)20(24)22-13-4-6-16(21)15(10-13)17-8-5-14(11-23)27-17/h3-10,23H,11H2,1-2H3,(H,22,24). The van der Waals surface area contributed by atoms with E-state index in [1.54, 1.807) is 48.5 Å². The van der Waals surface area contributed by atoms with Crippen molar-refractivity contribution in [3.63, 3.8) is 0 Å². The number of furan rings is 1. The van der Waals surface area contributed by atoms with Crippen molar-refractivity contribution in [2.24, 2.45) is 0 Å². The Balaban J connectivity index is 1.85. The van der Waals surface area contributed by atoms with Crippen LogP contribution < -0.4 is 14.8 Å². The molecular weight excluding hydrogens is 370 g/mol. The molecule has 7 heteroatoms. The van der Waals surface area contributed by atoms with Gasteiger partial charge in [-0.3, -0.25) is 4.79 Å². The van der Waals surface area contributed by atoms with E-state index < -0.39 is 0 Å². The van der Waals surface area contributed by atoms with Crippen LogP contribution in [0.25, 0.3) is 11.3 Å². The number of benzene rings is 2. The van der Waals surface area contributed by atoms with Gasteiger partial charge in [-0.25, -0.2) is 0 Å². The lowest BCUT2D eigenvalue weighted by atomic mass is 10.1. The second-order valence-electron chi connectivity index (χ2n) is 5.64. The van der Waals surface area contributed by atoms with Crippen molar-refractivity contribution < 1.29 is 23.8 Å². The first-order valence-electron chi connectivity index (χ1n) is 8.08. The van der Waals surface area contributed by atoms with Gasteiger partial charge < -0.3 is 24.3 Å². The molecule has 0 radical (unpaired) electrons. The van der Waals surface area contributed by atoms with Crippen LogP contribution in [0, 0.1) is 0 Å². The number of anilines is 1. The van der Waals surface area contributed by atoms with E-state index in [9.17, 15) is 4.79 Å². The first-order chi connectivity index (χ1) is 13.0. The molecule has 0 spiro atoms. The molecule has 0 atom stereocenters. The molecule has 0 saturated heterocycles. The third-order valence-electron chi connectivity index (χ3n) is 3.95. The van der Waals surface area contributed by atoms with Crippen LogP contribution in [0.15, 0.2) is 52.9 Å². The van der Waals surface area contributed by atoms with Gasteiger partial charge in [0.2, 0.25) is 0 Å². The molecule has 0 aliphatic carbocycles. The van der Waals surface area contributed by atoms with Crippen molar-refractivity contribution in [2.75, 3.05) is 19.5 Å². The average molecular weight is 388 g/mol. The van der Waals surface area contributed by atoms with Crippen LogP contribution in [0.4, 0.5) is 5.69 Å². The molecule has 6 nitrogen and oxygen atoms in total. The van der Waals surface area contributed by atoms with Crippen LogP contribution in [0.2, 0.25) is 5.02 Å². The van der Waals surface area contributed by atoms with Crippen LogP contribution >= 0.6 is 11.6 Å². The number of methoxy groups -OCH3 is 2. The number of aliphatic hydroxyl groups is 1. The minimum atomic E-state index is -0.306. The molecule has 1 heterocycles. The smallest absolute Gasteiger partial charge is 0.255 e. The molecule has 140 valence electrons. The highest BCUT2D eigenvalue weighted by atomic mass is 35.5. The number of nitrogens with one attached hydrogen (secondary N) is 1. The summed E-state index contributed by atoms with van der Waals surface area (Å²) in [4.78, 5) is 12.6. The van der Waals surface area contributed by atoms with E-state index in [-0.39, 0.29) is 12.5 Å². The Morgan fingerprint density at radius 3 is 2.52 bits per heavy atom. The van der Waals surface area contributed by atoms with Gasteiger partial charge in [0, 0.05) is 16.8 Å². The normalized spacial score (nSPS) is 10.5. The molecule has 1 aromatic heterocycles. The van der Waals surface area contributed by atoms with Crippen molar-refractivity contribution in [3.8, 4) is 22.8 Å². The third-order valence-corrected chi connectivity index (χ3v) is 4.28. The second kappa shape index (κ2) is 8.16. The van der Waals surface area contributed by atoms with E-state index in [0.29, 0.717) is 44.9 Å². The van der Waals surface area contributed by atoms with Gasteiger partial charge in [-0.1, -0.05) is 11.6 Å². The lowest BCUT2D eigenvalue weighted by Crippen LogP contribution is -2.12. The van der Waals surface area contributed by atoms with Crippen LogP contribution in [0.3, 0.4) is 0 Å². The Morgan fingerprint density at radius 2 is 1.85 bits per heavy atom. The van der Waals surface area contributed by atoms with E-state index in [1.807, 2.05) is 0 Å². The number of carbonyl (C=O) groups excluding carboxylic acids is 1. The molecule has 2 N–H and O–H groups in total. The van der Waals surface area contributed by atoms with E-state index in [0.717, 1.165) is 0 Å². The van der Waals surface area contributed by atoms with Gasteiger partial charge in [0.05, 0.1) is 19.2 Å². The van der Waals surface area contributed by atoms with Gasteiger partial charge in [0.1, 0.15) is 18.1 Å². The Kier molecular flexibility index (Phi) is 5.69. The molecular formula is C20H18ClNO5. The number of halogens is 1. The zero-order valence-electron chi connectivity index (χ0n) is 14.8. The predicted octanol–water partition coefficient (Wildman–Crippen LogP) is 4.36. The molecule has 1 amide bonds. The molecule has 0 aliphatic rings. The predicted molar refractivity (Wildman–Crippen MR) is 103 cm³/mol. The summed E-state index contributed by atoms with van der Waals surface area (Å²) in [6.07, 6.45) is 0. The van der Waals surface area contributed by atoms with Crippen molar-refractivity contribution in [3.05, 3.63) is 64.9 Å². The number of amides is 1. The molecule has 3 rings (SSSR count). The maximum absolute atomic E-state index is 12.6. The molecule has 3 aromatic rings. The minimum Gasteiger partial charge on any atom is -0.493 e. The number of aliphatic hydroxyl groups excluding tert-OH is 1. The van der Waals surface area contributed by atoms with Crippen molar-refractivity contribution in [1.29, 1.82) is 0 Å². The average Bonchev–Trinajstić information content (AvgIpc) is 3.17. The fourth-order valence-corrected chi connectivity index (χ4v) is 2.79. The number of carbonyl (C=O) groups is 1. The van der Waals surface area contributed by atoms with Crippen molar-refractivity contribution >= 4 is 23.2 Å². The summed E-state index contributed by atoms with van der Waals surface area (Å²) >= 11 is 6.24. The van der Waals surface area contributed by atoms with E-state index in [4.69, 9.17) is 30.6 Å². The maximum atomic E-state index is 12.6. The molecule has 0 aliphatic heterocycles.